The van der Waals surface area contributed by atoms with Gasteiger partial charge in [0.1, 0.15) is 5.69 Å². The first-order valence-corrected chi connectivity index (χ1v) is 6.85. The van der Waals surface area contributed by atoms with E-state index < -0.39 is 0 Å². The van der Waals surface area contributed by atoms with Crippen LogP contribution in [0.15, 0.2) is 57.9 Å². The Balaban J connectivity index is 1.88. The summed E-state index contributed by atoms with van der Waals surface area (Å²) in [5.74, 6) is 0.627. The molecule has 0 bridgehead atoms. The van der Waals surface area contributed by atoms with Crippen LogP contribution in [0.4, 0.5) is 0 Å². The smallest absolute Gasteiger partial charge is 0.274 e. The van der Waals surface area contributed by atoms with Crippen LogP contribution in [0, 0.1) is 0 Å². The molecule has 98 valence electrons. The summed E-state index contributed by atoms with van der Waals surface area (Å²) in [5.41, 5.74) is 1.36. The summed E-state index contributed by atoms with van der Waals surface area (Å²) in [6, 6.07) is 12.9. The van der Waals surface area contributed by atoms with Crippen LogP contribution in [-0.4, -0.2) is 14.8 Å². The van der Waals surface area contributed by atoms with E-state index in [2.05, 4.69) is 10.1 Å². The van der Waals surface area contributed by atoms with Gasteiger partial charge in [0.15, 0.2) is 5.76 Å². The average molecular weight is 283 g/mol. The van der Waals surface area contributed by atoms with E-state index in [-0.39, 0.29) is 5.56 Å². The second kappa shape index (κ2) is 4.21. The predicted molar refractivity (Wildman–Crippen MR) is 77.3 cm³/mol. The van der Waals surface area contributed by atoms with Gasteiger partial charge in [-0.25, -0.2) is 4.98 Å². The molecule has 3 heterocycles. The first-order valence-electron chi connectivity index (χ1n) is 6.03. The number of hydrogen-bond acceptors (Lipinski definition) is 4. The van der Waals surface area contributed by atoms with Crippen molar-refractivity contribution in [3.8, 4) is 16.6 Å². The summed E-state index contributed by atoms with van der Waals surface area (Å²) >= 11 is 1.47. The molecular weight excluding hydrogens is 274 g/mol. The lowest BCUT2D eigenvalue weighted by molar-refractivity contribution is 0.579. The monoisotopic (exact) mass is 283 g/mol. The van der Waals surface area contributed by atoms with E-state index in [0.29, 0.717) is 16.6 Å². The Kier molecular flexibility index (Phi) is 2.37. The summed E-state index contributed by atoms with van der Waals surface area (Å²) < 4.78 is 7.76. The maximum Gasteiger partial charge on any atom is 0.274 e. The molecule has 0 aliphatic carbocycles. The van der Waals surface area contributed by atoms with Crippen molar-refractivity contribution < 1.29 is 4.42 Å². The third kappa shape index (κ3) is 1.70. The Bertz CT molecular complexity index is 898. The number of aromatic amines is 1. The molecule has 0 unspecified atom stereocenters. The molecule has 1 aromatic carbocycles. The van der Waals surface area contributed by atoms with Gasteiger partial charge in [0, 0.05) is 6.07 Å². The average Bonchev–Trinajstić information content (AvgIpc) is 3.16. The molecule has 0 atom stereocenters. The van der Waals surface area contributed by atoms with Crippen molar-refractivity contribution in [1.82, 2.24) is 14.8 Å². The third-order valence-corrected chi connectivity index (χ3v) is 4.00. The maximum atomic E-state index is 12.1. The summed E-state index contributed by atoms with van der Waals surface area (Å²) in [5, 5.41) is 3.64. The SMILES string of the molecule is O=c1cc(-c2ccco2)[nH]n1-c1nc2ccccc2s1. The summed E-state index contributed by atoms with van der Waals surface area (Å²) in [6.07, 6.45) is 1.57. The van der Waals surface area contributed by atoms with E-state index in [1.807, 2.05) is 24.3 Å². The van der Waals surface area contributed by atoms with E-state index in [4.69, 9.17) is 4.42 Å². The van der Waals surface area contributed by atoms with Gasteiger partial charge in [-0.2, -0.15) is 4.68 Å². The van der Waals surface area contributed by atoms with Crippen LogP contribution in [0.2, 0.25) is 0 Å². The number of benzene rings is 1. The van der Waals surface area contributed by atoms with Gasteiger partial charge in [-0.3, -0.25) is 9.89 Å². The van der Waals surface area contributed by atoms with E-state index in [0.717, 1.165) is 10.2 Å². The van der Waals surface area contributed by atoms with Crippen LogP contribution in [0.25, 0.3) is 26.8 Å². The second-order valence-electron chi connectivity index (χ2n) is 4.28. The van der Waals surface area contributed by atoms with E-state index in [1.54, 1.807) is 18.4 Å². The van der Waals surface area contributed by atoms with Gasteiger partial charge in [-0.1, -0.05) is 23.5 Å². The minimum Gasteiger partial charge on any atom is -0.463 e. The molecular formula is C14H9N3O2S. The van der Waals surface area contributed by atoms with Crippen molar-refractivity contribution in [1.29, 1.82) is 0 Å². The largest absolute Gasteiger partial charge is 0.463 e. The first-order chi connectivity index (χ1) is 9.81. The Hall–Kier alpha value is -2.60. The van der Waals surface area contributed by atoms with Gasteiger partial charge >= 0.3 is 0 Å². The Labute approximate surface area is 117 Å². The van der Waals surface area contributed by atoms with Gasteiger partial charge in [0.2, 0.25) is 5.13 Å². The molecule has 0 aliphatic heterocycles. The number of furan rings is 1. The zero-order chi connectivity index (χ0) is 13.5. The standard InChI is InChI=1S/C14H9N3O2S/c18-13-8-10(11-5-3-7-19-11)16-17(13)14-15-9-4-1-2-6-12(9)20-14/h1-8,16H. The van der Waals surface area contributed by atoms with Gasteiger partial charge in [-0.05, 0) is 24.3 Å². The second-order valence-corrected chi connectivity index (χ2v) is 5.29. The number of aromatic nitrogens is 3. The van der Waals surface area contributed by atoms with Crippen molar-refractivity contribution in [2.45, 2.75) is 0 Å². The van der Waals surface area contributed by atoms with E-state index in [9.17, 15) is 4.79 Å². The van der Waals surface area contributed by atoms with Crippen molar-refractivity contribution in [3.05, 3.63) is 59.1 Å². The maximum absolute atomic E-state index is 12.1. The van der Waals surface area contributed by atoms with Crippen LogP contribution >= 0.6 is 11.3 Å². The van der Waals surface area contributed by atoms with E-state index >= 15 is 0 Å². The molecule has 4 rings (SSSR count). The van der Waals surface area contributed by atoms with Crippen LogP contribution in [0.3, 0.4) is 0 Å². The molecule has 0 saturated heterocycles. The number of H-pyrrole nitrogens is 1. The zero-order valence-electron chi connectivity index (χ0n) is 10.2. The highest BCUT2D eigenvalue weighted by Gasteiger charge is 2.12. The lowest BCUT2D eigenvalue weighted by Crippen LogP contribution is -2.12. The third-order valence-electron chi connectivity index (χ3n) is 2.98. The predicted octanol–water partition coefficient (Wildman–Crippen LogP) is 3.04. The molecule has 0 radical (unpaired) electrons. The topological polar surface area (TPSA) is 63.8 Å². The highest BCUT2D eigenvalue weighted by molar-refractivity contribution is 7.20. The Morgan fingerprint density at radius 3 is 2.90 bits per heavy atom. The van der Waals surface area contributed by atoms with Gasteiger partial charge in [-0.15, -0.1) is 0 Å². The van der Waals surface area contributed by atoms with Crippen molar-refractivity contribution in [3.63, 3.8) is 0 Å². The molecule has 20 heavy (non-hydrogen) atoms. The number of rotatable bonds is 2. The van der Waals surface area contributed by atoms with Crippen LogP contribution in [0.1, 0.15) is 0 Å². The molecule has 0 saturated carbocycles. The van der Waals surface area contributed by atoms with Crippen LogP contribution < -0.4 is 5.56 Å². The lowest BCUT2D eigenvalue weighted by Gasteiger charge is -1.94. The number of nitrogens with one attached hydrogen (secondary N) is 1. The van der Waals surface area contributed by atoms with Crippen molar-refractivity contribution in [2.75, 3.05) is 0 Å². The number of nitrogens with zero attached hydrogens (tertiary/aromatic N) is 2. The van der Waals surface area contributed by atoms with Crippen molar-refractivity contribution >= 4 is 21.6 Å². The molecule has 3 aromatic heterocycles. The Morgan fingerprint density at radius 2 is 2.10 bits per heavy atom. The zero-order valence-corrected chi connectivity index (χ0v) is 11.1. The minimum atomic E-state index is -0.157. The first kappa shape index (κ1) is 11.2. The quantitative estimate of drug-likeness (QED) is 0.615. The fourth-order valence-electron chi connectivity index (χ4n) is 2.05. The fourth-order valence-corrected chi connectivity index (χ4v) is 2.98. The lowest BCUT2D eigenvalue weighted by atomic mass is 10.3. The number of fused-ring (bicyclic) bond motifs is 1. The number of thiazole rings is 1. The summed E-state index contributed by atoms with van der Waals surface area (Å²) in [7, 11) is 0. The normalized spacial score (nSPS) is 11.2. The molecule has 1 N–H and O–H groups in total. The molecule has 0 aliphatic rings. The van der Waals surface area contributed by atoms with Crippen molar-refractivity contribution in [2.24, 2.45) is 0 Å². The minimum absolute atomic E-state index is 0.157. The fraction of sp³-hybridized carbons (Fsp3) is 0. The summed E-state index contributed by atoms with van der Waals surface area (Å²) in [6.45, 7) is 0. The van der Waals surface area contributed by atoms with Crippen LogP contribution in [0.5, 0.6) is 0 Å². The van der Waals surface area contributed by atoms with Gasteiger partial charge in [0.25, 0.3) is 5.56 Å². The number of para-hydroxylation sites is 1. The molecule has 0 spiro atoms. The molecule has 0 amide bonds. The molecule has 5 nitrogen and oxygen atoms in total. The molecule has 4 aromatic rings. The molecule has 0 fully saturated rings. The summed E-state index contributed by atoms with van der Waals surface area (Å²) in [4.78, 5) is 16.5. The highest BCUT2D eigenvalue weighted by Crippen LogP contribution is 2.24. The van der Waals surface area contributed by atoms with Gasteiger partial charge in [0.05, 0.1) is 16.5 Å². The highest BCUT2D eigenvalue weighted by atomic mass is 32.1. The van der Waals surface area contributed by atoms with Gasteiger partial charge < -0.3 is 4.42 Å². The number of hydrogen-bond donors (Lipinski definition) is 1. The van der Waals surface area contributed by atoms with E-state index in [1.165, 1.54) is 22.1 Å². The Morgan fingerprint density at radius 1 is 1.20 bits per heavy atom. The molecule has 6 heteroatoms. The van der Waals surface area contributed by atoms with Crippen LogP contribution in [-0.2, 0) is 0 Å².